The van der Waals surface area contributed by atoms with Crippen molar-refractivity contribution in [2.75, 3.05) is 6.61 Å². The number of carbonyl (C=O) groups excluding carboxylic acids is 1. The van der Waals surface area contributed by atoms with E-state index in [-0.39, 0.29) is 18.6 Å². The lowest BCUT2D eigenvalue weighted by molar-refractivity contribution is 0.0929. The Bertz CT molecular complexity index is 258. The summed E-state index contributed by atoms with van der Waals surface area (Å²) in [6, 6.07) is 1.57. The SMILES string of the molecule is CC(CCO)NC(=O)c1ccn[nH]1. The summed E-state index contributed by atoms with van der Waals surface area (Å²) in [6.07, 6.45) is 2.07. The van der Waals surface area contributed by atoms with E-state index in [1.54, 1.807) is 6.07 Å². The third kappa shape index (κ3) is 2.87. The number of aliphatic hydroxyl groups is 1. The lowest BCUT2D eigenvalue weighted by Crippen LogP contribution is -2.33. The summed E-state index contributed by atoms with van der Waals surface area (Å²) < 4.78 is 0. The number of H-pyrrole nitrogens is 1. The highest BCUT2D eigenvalue weighted by molar-refractivity contribution is 5.92. The van der Waals surface area contributed by atoms with Gasteiger partial charge in [-0.3, -0.25) is 9.89 Å². The molecule has 0 aliphatic rings. The molecule has 5 nitrogen and oxygen atoms in total. The van der Waals surface area contributed by atoms with Crippen molar-refractivity contribution < 1.29 is 9.90 Å². The van der Waals surface area contributed by atoms with Crippen LogP contribution in [0.15, 0.2) is 12.3 Å². The molecule has 0 fully saturated rings. The van der Waals surface area contributed by atoms with Gasteiger partial charge in [-0.15, -0.1) is 0 Å². The van der Waals surface area contributed by atoms with Gasteiger partial charge in [-0.25, -0.2) is 0 Å². The summed E-state index contributed by atoms with van der Waals surface area (Å²) in [7, 11) is 0. The number of rotatable bonds is 4. The predicted octanol–water partition coefficient (Wildman–Crippen LogP) is -0.0896. The van der Waals surface area contributed by atoms with Gasteiger partial charge in [0.1, 0.15) is 5.69 Å². The van der Waals surface area contributed by atoms with E-state index in [1.165, 1.54) is 6.20 Å². The van der Waals surface area contributed by atoms with E-state index in [0.717, 1.165) is 0 Å². The minimum Gasteiger partial charge on any atom is -0.396 e. The van der Waals surface area contributed by atoms with Crippen molar-refractivity contribution in [2.45, 2.75) is 19.4 Å². The second-order valence-electron chi connectivity index (χ2n) is 2.86. The van der Waals surface area contributed by atoms with Gasteiger partial charge in [0.25, 0.3) is 5.91 Å². The number of aromatic amines is 1. The second kappa shape index (κ2) is 4.61. The lowest BCUT2D eigenvalue weighted by atomic mass is 10.2. The van der Waals surface area contributed by atoms with Crippen LogP contribution in [0.1, 0.15) is 23.8 Å². The fraction of sp³-hybridized carbons (Fsp3) is 0.500. The molecule has 3 N–H and O–H groups in total. The Balaban J connectivity index is 2.42. The van der Waals surface area contributed by atoms with Gasteiger partial charge in [0.15, 0.2) is 0 Å². The van der Waals surface area contributed by atoms with Gasteiger partial charge < -0.3 is 10.4 Å². The topological polar surface area (TPSA) is 78.0 Å². The molecule has 0 bridgehead atoms. The molecule has 1 heterocycles. The van der Waals surface area contributed by atoms with Crippen LogP contribution < -0.4 is 5.32 Å². The molecule has 1 unspecified atom stereocenters. The van der Waals surface area contributed by atoms with Crippen molar-refractivity contribution in [3.05, 3.63) is 18.0 Å². The number of hydrogen-bond donors (Lipinski definition) is 3. The van der Waals surface area contributed by atoms with Crippen LogP contribution in [0.5, 0.6) is 0 Å². The number of nitrogens with zero attached hydrogens (tertiary/aromatic N) is 1. The van der Waals surface area contributed by atoms with Crippen molar-refractivity contribution in [3.8, 4) is 0 Å². The molecule has 0 spiro atoms. The van der Waals surface area contributed by atoms with E-state index < -0.39 is 0 Å². The molecule has 0 saturated carbocycles. The maximum absolute atomic E-state index is 11.3. The van der Waals surface area contributed by atoms with Crippen molar-refractivity contribution in [1.82, 2.24) is 15.5 Å². The fourth-order valence-corrected chi connectivity index (χ4v) is 0.950. The Morgan fingerprint density at radius 3 is 3.15 bits per heavy atom. The number of amides is 1. The van der Waals surface area contributed by atoms with Gasteiger partial charge in [0, 0.05) is 18.8 Å². The van der Waals surface area contributed by atoms with Crippen molar-refractivity contribution in [3.63, 3.8) is 0 Å². The first kappa shape index (κ1) is 9.73. The molecule has 1 amide bonds. The summed E-state index contributed by atoms with van der Waals surface area (Å²) in [6.45, 7) is 1.91. The first-order valence-electron chi connectivity index (χ1n) is 4.15. The van der Waals surface area contributed by atoms with Crippen LogP contribution in [0, 0.1) is 0 Å². The minimum atomic E-state index is -0.196. The zero-order valence-corrected chi connectivity index (χ0v) is 7.45. The molecule has 0 saturated heterocycles. The van der Waals surface area contributed by atoms with Gasteiger partial charge >= 0.3 is 0 Å². The monoisotopic (exact) mass is 183 g/mol. The first-order chi connectivity index (χ1) is 6.24. The van der Waals surface area contributed by atoms with E-state index in [1.807, 2.05) is 6.92 Å². The van der Waals surface area contributed by atoms with Crippen LogP contribution in [0.2, 0.25) is 0 Å². The Kier molecular flexibility index (Phi) is 3.45. The molecule has 0 radical (unpaired) electrons. The van der Waals surface area contributed by atoms with E-state index in [9.17, 15) is 4.79 Å². The number of aromatic nitrogens is 2. The van der Waals surface area contributed by atoms with Crippen LogP contribution in [-0.4, -0.2) is 33.9 Å². The molecule has 1 rings (SSSR count). The summed E-state index contributed by atoms with van der Waals surface area (Å²) in [5.41, 5.74) is 0.435. The normalized spacial score (nSPS) is 12.5. The second-order valence-corrected chi connectivity index (χ2v) is 2.86. The van der Waals surface area contributed by atoms with Gasteiger partial charge in [-0.2, -0.15) is 5.10 Å². The molecule has 0 aliphatic heterocycles. The average molecular weight is 183 g/mol. The molecule has 13 heavy (non-hydrogen) atoms. The maximum Gasteiger partial charge on any atom is 0.269 e. The zero-order chi connectivity index (χ0) is 9.68. The molecule has 0 aliphatic carbocycles. The molecule has 1 aromatic heterocycles. The molecule has 72 valence electrons. The van der Waals surface area contributed by atoms with Crippen LogP contribution in [-0.2, 0) is 0 Å². The highest BCUT2D eigenvalue weighted by atomic mass is 16.3. The lowest BCUT2D eigenvalue weighted by Gasteiger charge is -2.10. The fourth-order valence-electron chi connectivity index (χ4n) is 0.950. The van der Waals surface area contributed by atoms with E-state index in [0.29, 0.717) is 12.1 Å². The van der Waals surface area contributed by atoms with Crippen LogP contribution in [0.25, 0.3) is 0 Å². The number of nitrogens with one attached hydrogen (secondary N) is 2. The van der Waals surface area contributed by atoms with Gasteiger partial charge in [-0.05, 0) is 19.4 Å². The first-order valence-corrected chi connectivity index (χ1v) is 4.15. The van der Waals surface area contributed by atoms with Gasteiger partial charge in [0.2, 0.25) is 0 Å². The summed E-state index contributed by atoms with van der Waals surface area (Å²) in [4.78, 5) is 11.3. The van der Waals surface area contributed by atoms with Crippen molar-refractivity contribution in [2.24, 2.45) is 0 Å². The molecule has 5 heteroatoms. The summed E-state index contributed by atoms with van der Waals surface area (Å²) in [5, 5.41) is 17.5. The van der Waals surface area contributed by atoms with Crippen LogP contribution in [0.3, 0.4) is 0 Å². The molecule has 0 aromatic carbocycles. The summed E-state index contributed by atoms with van der Waals surface area (Å²) >= 11 is 0. The van der Waals surface area contributed by atoms with Crippen molar-refractivity contribution in [1.29, 1.82) is 0 Å². The highest BCUT2D eigenvalue weighted by Crippen LogP contribution is 1.94. The molecular formula is C8H13N3O2. The van der Waals surface area contributed by atoms with E-state index >= 15 is 0 Å². The van der Waals surface area contributed by atoms with Gasteiger partial charge in [0.05, 0.1) is 0 Å². The standard InChI is InChI=1S/C8H13N3O2/c1-6(3-5-12)10-8(13)7-2-4-9-11-7/h2,4,6,12H,3,5H2,1H3,(H,9,11)(H,10,13). The number of hydrogen-bond acceptors (Lipinski definition) is 3. The number of carbonyl (C=O) groups is 1. The van der Waals surface area contributed by atoms with Gasteiger partial charge in [-0.1, -0.05) is 0 Å². The zero-order valence-electron chi connectivity index (χ0n) is 7.45. The maximum atomic E-state index is 11.3. The van der Waals surface area contributed by atoms with E-state index in [4.69, 9.17) is 5.11 Å². The Hall–Kier alpha value is -1.36. The average Bonchev–Trinajstić information content (AvgIpc) is 2.55. The van der Waals surface area contributed by atoms with Crippen LogP contribution >= 0.6 is 0 Å². The molecule has 1 aromatic rings. The smallest absolute Gasteiger partial charge is 0.269 e. The quantitative estimate of drug-likeness (QED) is 0.610. The predicted molar refractivity (Wildman–Crippen MR) is 47.2 cm³/mol. The number of aliphatic hydroxyl groups excluding tert-OH is 1. The largest absolute Gasteiger partial charge is 0.396 e. The Morgan fingerprint density at radius 2 is 2.62 bits per heavy atom. The third-order valence-electron chi connectivity index (χ3n) is 1.68. The Morgan fingerprint density at radius 1 is 1.85 bits per heavy atom. The van der Waals surface area contributed by atoms with E-state index in [2.05, 4.69) is 15.5 Å². The summed E-state index contributed by atoms with van der Waals surface area (Å²) in [5.74, 6) is -0.196. The third-order valence-corrected chi connectivity index (χ3v) is 1.68. The molecule has 1 atom stereocenters. The Labute approximate surface area is 76.2 Å². The minimum absolute atomic E-state index is 0.0270. The molecular weight excluding hydrogens is 170 g/mol. The highest BCUT2D eigenvalue weighted by Gasteiger charge is 2.09. The van der Waals surface area contributed by atoms with Crippen molar-refractivity contribution >= 4 is 5.91 Å². The van der Waals surface area contributed by atoms with Crippen LogP contribution in [0.4, 0.5) is 0 Å².